The van der Waals surface area contributed by atoms with Gasteiger partial charge in [0, 0.05) is 12.2 Å². The smallest absolute Gasteiger partial charge is 0.333 e. The number of carbonyl (C=O) groups is 2. The first-order valence-corrected chi connectivity index (χ1v) is 14.0. The molecule has 2 saturated heterocycles. The molecule has 2 fully saturated rings. The fraction of sp³-hybridized carbons (Fsp3) is 0.400. The second kappa shape index (κ2) is 15.5. The molecule has 10 N–H and O–H groups in total. The van der Waals surface area contributed by atoms with E-state index in [1.165, 1.54) is 48.6 Å². The largest absolute Gasteiger partial charge is 0.504 e. The summed E-state index contributed by atoms with van der Waals surface area (Å²) in [4.78, 5) is 24.6. The number of hydrogen-bond acceptors (Lipinski definition) is 17. The molecule has 10 atom stereocenters. The van der Waals surface area contributed by atoms with Crippen LogP contribution in [0, 0.1) is 0 Å². The van der Waals surface area contributed by atoms with Crippen LogP contribution in [0.4, 0.5) is 0 Å². The Morgan fingerprint density at radius 3 is 1.83 bits per heavy atom. The van der Waals surface area contributed by atoms with E-state index in [4.69, 9.17) is 23.7 Å². The minimum atomic E-state index is -1.85. The van der Waals surface area contributed by atoms with Crippen LogP contribution in [0.2, 0.25) is 0 Å². The highest BCUT2D eigenvalue weighted by Crippen LogP contribution is 2.32. The molecular formula is C30H34O17. The van der Waals surface area contributed by atoms with E-state index in [9.17, 15) is 60.7 Å². The molecule has 0 saturated carbocycles. The summed E-state index contributed by atoms with van der Waals surface area (Å²) in [5, 5.41) is 99.1. The predicted molar refractivity (Wildman–Crippen MR) is 154 cm³/mol. The Hall–Kier alpha value is -4.30. The molecule has 2 heterocycles. The number of hydrogen-bond donors (Lipinski definition) is 10. The van der Waals surface area contributed by atoms with Crippen molar-refractivity contribution < 1.29 is 84.3 Å². The van der Waals surface area contributed by atoms with Crippen molar-refractivity contribution in [3.05, 3.63) is 59.7 Å². The number of aliphatic hydroxyl groups excluding tert-OH is 7. The standard InChI is InChI=1S/C30H34O17/c31-11-19-23(37)25(39)27(41)29(45-19)44-18-6-2-14(10-17(18)34)3-7-21(35)43-12-20-24(38)26(40)28(42)30(46-20)47-22(36)8-4-13-1-5-15(32)16(33)9-13/h1-10,19-20,23-34,37-42H,11-12H2. The third-order valence-corrected chi connectivity index (χ3v) is 7.19. The first-order valence-electron chi connectivity index (χ1n) is 14.0. The van der Waals surface area contributed by atoms with Gasteiger partial charge >= 0.3 is 11.9 Å². The lowest BCUT2D eigenvalue weighted by Gasteiger charge is -2.39. The minimum absolute atomic E-state index is 0.191. The van der Waals surface area contributed by atoms with Crippen LogP contribution >= 0.6 is 0 Å². The number of benzene rings is 2. The third-order valence-electron chi connectivity index (χ3n) is 7.19. The van der Waals surface area contributed by atoms with Gasteiger partial charge in [-0.1, -0.05) is 12.1 Å². The van der Waals surface area contributed by atoms with Gasteiger partial charge in [0.15, 0.2) is 23.0 Å². The maximum Gasteiger partial charge on any atom is 0.333 e. The van der Waals surface area contributed by atoms with E-state index < -0.39 is 98.1 Å². The number of phenols is 3. The predicted octanol–water partition coefficient (Wildman–Crippen LogP) is -2.40. The molecular weight excluding hydrogens is 632 g/mol. The number of aliphatic hydroxyl groups is 7. The fourth-order valence-corrected chi connectivity index (χ4v) is 4.52. The molecule has 256 valence electrons. The Labute approximate surface area is 265 Å². The Bertz CT molecular complexity index is 1460. The van der Waals surface area contributed by atoms with Crippen molar-refractivity contribution in [2.75, 3.05) is 13.2 Å². The Morgan fingerprint density at radius 1 is 0.660 bits per heavy atom. The lowest BCUT2D eigenvalue weighted by atomic mass is 9.99. The summed E-state index contributed by atoms with van der Waals surface area (Å²) in [7, 11) is 0. The molecule has 2 aliphatic heterocycles. The molecule has 0 radical (unpaired) electrons. The van der Waals surface area contributed by atoms with Gasteiger partial charge in [-0.2, -0.15) is 0 Å². The Balaban J connectivity index is 1.30. The van der Waals surface area contributed by atoms with Crippen LogP contribution in [0.5, 0.6) is 23.0 Å². The zero-order valence-electron chi connectivity index (χ0n) is 24.3. The number of phenolic OH excluding ortho intramolecular Hbond substituents is 3. The summed E-state index contributed by atoms with van der Waals surface area (Å²) >= 11 is 0. The van der Waals surface area contributed by atoms with Gasteiger partial charge in [-0.05, 0) is 47.5 Å². The lowest BCUT2D eigenvalue weighted by Crippen LogP contribution is -2.60. The normalized spacial score (nSPS) is 31.1. The van der Waals surface area contributed by atoms with E-state index in [1.807, 2.05) is 0 Å². The van der Waals surface area contributed by atoms with E-state index in [-0.39, 0.29) is 17.1 Å². The van der Waals surface area contributed by atoms with Gasteiger partial charge in [-0.25, -0.2) is 9.59 Å². The van der Waals surface area contributed by atoms with Gasteiger partial charge in [0.25, 0.3) is 0 Å². The van der Waals surface area contributed by atoms with Gasteiger partial charge in [-0.15, -0.1) is 0 Å². The summed E-state index contributed by atoms with van der Waals surface area (Å²) in [5.74, 6) is -3.42. The number of rotatable bonds is 10. The van der Waals surface area contributed by atoms with Crippen molar-refractivity contribution >= 4 is 24.1 Å². The van der Waals surface area contributed by atoms with Crippen LogP contribution < -0.4 is 4.74 Å². The van der Waals surface area contributed by atoms with Gasteiger partial charge in [0.05, 0.1) is 6.61 Å². The molecule has 0 aromatic heterocycles. The average molecular weight is 667 g/mol. The fourth-order valence-electron chi connectivity index (χ4n) is 4.52. The summed E-state index contributed by atoms with van der Waals surface area (Å²) in [5.41, 5.74) is 0.596. The lowest BCUT2D eigenvalue weighted by molar-refractivity contribution is -0.291. The van der Waals surface area contributed by atoms with Crippen molar-refractivity contribution in [1.29, 1.82) is 0 Å². The van der Waals surface area contributed by atoms with E-state index in [1.54, 1.807) is 0 Å². The van der Waals surface area contributed by atoms with Crippen molar-refractivity contribution in [2.24, 2.45) is 0 Å². The number of esters is 2. The van der Waals surface area contributed by atoms with Crippen LogP contribution in [0.15, 0.2) is 48.6 Å². The van der Waals surface area contributed by atoms with E-state index in [0.29, 0.717) is 5.56 Å². The number of aromatic hydroxyl groups is 3. The molecule has 17 heteroatoms. The summed E-state index contributed by atoms with van der Waals surface area (Å²) in [6, 6.07) is 7.58. The molecule has 0 amide bonds. The summed E-state index contributed by atoms with van der Waals surface area (Å²) < 4.78 is 26.0. The van der Waals surface area contributed by atoms with Crippen molar-refractivity contribution in [3.63, 3.8) is 0 Å². The molecule has 17 nitrogen and oxygen atoms in total. The second-order valence-corrected chi connectivity index (χ2v) is 10.5. The van der Waals surface area contributed by atoms with Crippen LogP contribution in [0.3, 0.4) is 0 Å². The van der Waals surface area contributed by atoms with E-state index >= 15 is 0 Å². The number of carbonyl (C=O) groups excluding carboxylic acids is 2. The van der Waals surface area contributed by atoms with Gasteiger partial charge in [-0.3, -0.25) is 0 Å². The molecule has 47 heavy (non-hydrogen) atoms. The van der Waals surface area contributed by atoms with Crippen LogP contribution in [0.1, 0.15) is 11.1 Å². The van der Waals surface area contributed by atoms with E-state index in [2.05, 4.69) is 0 Å². The Morgan fingerprint density at radius 2 is 1.21 bits per heavy atom. The monoisotopic (exact) mass is 666 g/mol. The zero-order chi connectivity index (χ0) is 34.4. The third kappa shape index (κ3) is 8.74. The van der Waals surface area contributed by atoms with Gasteiger partial charge in [0.1, 0.15) is 55.4 Å². The molecule has 0 spiro atoms. The maximum atomic E-state index is 12.3. The zero-order valence-corrected chi connectivity index (χ0v) is 24.3. The van der Waals surface area contributed by atoms with E-state index in [0.717, 1.165) is 12.2 Å². The average Bonchev–Trinajstić information content (AvgIpc) is 3.05. The van der Waals surface area contributed by atoms with Crippen molar-refractivity contribution in [3.8, 4) is 23.0 Å². The van der Waals surface area contributed by atoms with Crippen LogP contribution in [0.25, 0.3) is 12.2 Å². The number of ether oxygens (including phenoxy) is 5. The second-order valence-electron chi connectivity index (χ2n) is 10.5. The molecule has 4 rings (SSSR count). The van der Waals surface area contributed by atoms with Gasteiger partial charge in [0.2, 0.25) is 12.6 Å². The molecule has 0 bridgehead atoms. The molecule has 2 aromatic rings. The maximum absolute atomic E-state index is 12.3. The van der Waals surface area contributed by atoms with Crippen LogP contribution in [-0.2, 0) is 28.5 Å². The summed E-state index contributed by atoms with van der Waals surface area (Å²) in [6.07, 6.45) is -12.0. The quantitative estimate of drug-likeness (QED) is 0.0719. The first kappa shape index (κ1) is 35.6. The van der Waals surface area contributed by atoms with Crippen molar-refractivity contribution in [1.82, 2.24) is 0 Å². The van der Waals surface area contributed by atoms with Crippen molar-refractivity contribution in [2.45, 2.75) is 61.4 Å². The minimum Gasteiger partial charge on any atom is -0.504 e. The highest BCUT2D eigenvalue weighted by atomic mass is 16.7. The molecule has 2 aromatic carbocycles. The highest BCUT2D eigenvalue weighted by Gasteiger charge is 2.46. The van der Waals surface area contributed by atoms with Gasteiger partial charge < -0.3 is 74.7 Å². The highest BCUT2D eigenvalue weighted by molar-refractivity contribution is 5.87. The molecule has 0 aliphatic carbocycles. The topological polar surface area (TPSA) is 283 Å². The molecule has 2 aliphatic rings. The Kier molecular flexibility index (Phi) is 11.7. The summed E-state index contributed by atoms with van der Waals surface area (Å²) in [6.45, 7) is -1.31. The van der Waals surface area contributed by atoms with Crippen LogP contribution in [-0.4, -0.2) is 138 Å². The SMILES string of the molecule is O=C(C=Cc1ccc(OC2OC(CO)C(O)C(O)C2O)c(O)c1)OCC1OC(OC(=O)C=Cc2ccc(O)c(O)c2)C(O)C(O)C1O. The molecule has 10 unspecified atom stereocenters. The first-order chi connectivity index (χ1) is 22.3.